The van der Waals surface area contributed by atoms with Crippen LogP contribution in [0, 0.1) is 0 Å². The number of hydrogen-bond acceptors (Lipinski definition) is 7. The normalized spacial score (nSPS) is 19.4. The zero-order valence-corrected chi connectivity index (χ0v) is 23.0. The number of ether oxygens (including phenoxy) is 1. The van der Waals surface area contributed by atoms with Crippen LogP contribution < -0.4 is 15.4 Å². The minimum absolute atomic E-state index is 0.0109. The number of thioether (sulfide) groups is 1. The van der Waals surface area contributed by atoms with Gasteiger partial charge in [-0.25, -0.2) is 9.89 Å². The van der Waals surface area contributed by atoms with Crippen LogP contribution in [0.2, 0.25) is 0 Å². The van der Waals surface area contributed by atoms with Gasteiger partial charge in [0.2, 0.25) is 11.8 Å². The number of benzene rings is 2. The highest BCUT2D eigenvalue weighted by molar-refractivity contribution is 8.15. The molecule has 0 saturated heterocycles. The summed E-state index contributed by atoms with van der Waals surface area (Å²) in [5, 5.41) is 5.91. The summed E-state index contributed by atoms with van der Waals surface area (Å²) in [6.45, 7) is 1.92. The number of aliphatic imine (C=N–C) groups is 2. The Kier molecular flexibility index (Phi) is 8.30. The molecule has 2 aliphatic heterocycles. The van der Waals surface area contributed by atoms with Gasteiger partial charge in [-0.2, -0.15) is 0 Å². The molecule has 9 nitrogen and oxygen atoms in total. The largest absolute Gasteiger partial charge is 0.497 e. The molecule has 2 aromatic carbocycles. The summed E-state index contributed by atoms with van der Waals surface area (Å²) in [5.41, 5.74) is 2.04. The Hall–Kier alpha value is -3.66. The average molecular weight is 548 g/mol. The van der Waals surface area contributed by atoms with Crippen molar-refractivity contribution in [2.75, 3.05) is 12.4 Å². The molecule has 1 saturated carbocycles. The summed E-state index contributed by atoms with van der Waals surface area (Å²) in [6, 6.07) is 14.0. The van der Waals surface area contributed by atoms with Crippen molar-refractivity contribution in [1.29, 1.82) is 0 Å². The van der Waals surface area contributed by atoms with Crippen LogP contribution in [0.5, 0.6) is 5.75 Å². The Morgan fingerprint density at radius 3 is 2.69 bits per heavy atom. The molecule has 2 aromatic rings. The molecule has 2 atom stereocenters. The van der Waals surface area contributed by atoms with Gasteiger partial charge in [0, 0.05) is 23.4 Å². The quantitative estimate of drug-likeness (QED) is 0.500. The first-order valence-corrected chi connectivity index (χ1v) is 14.4. The van der Waals surface area contributed by atoms with Gasteiger partial charge in [0.1, 0.15) is 17.6 Å². The summed E-state index contributed by atoms with van der Waals surface area (Å²) < 4.78 is 5.26. The van der Waals surface area contributed by atoms with Crippen LogP contribution in [-0.2, 0) is 14.4 Å². The number of fused-ring (bicyclic) bond motifs is 3. The first-order valence-electron chi connectivity index (χ1n) is 13.5. The second kappa shape index (κ2) is 12.0. The zero-order valence-electron chi connectivity index (χ0n) is 22.2. The molecule has 10 heteroatoms. The van der Waals surface area contributed by atoms with Crippen LogP contribution in [0.1, 0.15) is 57.4 Å². The number of amidine groups is 2. The lowest BCUT2D eigenvalue weighted by Crippen LogP contribution is -2.44. The van der Waals surface area contributed by atoms with Crippen LogP contribution >= 0.6 is 11.8 Å². The van der Waals surface area contributed by atoms with E-state index in [0.717, 1.165) is 31.2 Å². The number of carbonyl (C=O) groups excluding carboxylic acids is 3. The molecule has 0 bridgehead atoms. The van der Waals surface area contributed by atoms with Gasteiger partial charge in [0.25, 0.3) is 5.91 Å². The van der Waals surface area contributed by atoms with E-state index in [-0.39, 0.29) is 30.2 Å². The third-order valence-corrected chi connectivity index (χ3v) is 8.46. The van der Waals surface area contributed by atoms with Crippen LogP contribution in [0.3, 0.4) is 0 Å². The van der Waals surface area contributed by atoms with E-state index >= 15 is 0 Å². The second-order valence-electron chi connectivity index (χ2n) is 9.90. The minimum atomic E-state index is -0.828. The zero-order chi connectivity index (χ0) is 27.4. The molecular weight excluding hydrogens is 514 g/mol. The van der Waals surface area contributed by atoms with E-state index in [1.807, 2.05) is 37.3 Å². The molecular formula is C29H33N5O4S. The van der Waals surface area contributed by atoms with Crippen LogP contribution in [-0.4, -0.2) is 58.1 Å². The standard InChI is InChI=1S/C29H33N5O4S/c1-3-24(27(36)31-19-12-9-13-20(16-19)38-2)39-29-33-22-15-8-7-14-21(22)26-32-23(28(37)34(26)29)17-25(35)30-18-10-5-4-6-11-18/h7-9,12-16,18,23-24H,3-6,10-11,17H2,1-2H3,(H,30,35)(H,31,36). The van der Waals surface area contributed by atoms with E-state index < -0.39 is 11.3 Å². The molecule has 2 N–H and O–H groups in total. The lowest BCUT2D eigenvalue weighted by molar-refractivity contribution is -0.129. The highest BCUT2D eigenvalue weighted by Crippen LogP contribution is 2.36. The van der Waals surface area contributed by atoms with Gasteiger partial charge in [-0.1, -0.05) is 56.1 Å². The number of anilines is 1. The molecule has 0 radical (unpaired) electrons. The third kappa shape index (κ3) is 6.00. The van der Waals surface area contributed by atoms with Crippen molar-refractivity contribution < 1.29 is 19.1 Å². The van der Waals surface area contributed by atoms with E-state index in [0.29, 0.717) is 34.5 Å². The molecule has 204 valence electrons. The monoisotopic (exact) mass is 547 g/mol. The summed E-state index contributed by atoms with van der Waals surface area (Å²) >= 11 is 1.23. The van der Waals surface area contributed by atoms with Gasteiger partial charge in [-0.05, 0) is 43.5 Å². The highest BCUT2D eigenvalue weighted by atomic mass is 32.2. The number of rotatable bonds is 8. The Balaban J connectivity index is 1.34. The predicted octanol–water partition coefficient (Wildman–Crippen LogP) is 4.64. The van der Waals surface area contributed by atoms with Gasteiger partial charge in [-0.3, -0.25) is 19.4 Å². The first-order chi connectivity index (χ1) is 19.0. The SMILES string of the molecule is CCC(SC1=Nc2ccccc2C2=NC(CC(=O)NC3CCCCC3)C(=O)N12)C(=O)Nc1cccc(OC)c1. The number of methoxy groups -OCH3 is 1. The van der Waals surface area contributed by atoms with E-state index in [1.165, 1.54) is 23.1 Å². The van der Waals surface area contributed by atoms with Gasteiger partial charge in [0.15, 0.2) is 5.17 Å². The topological polar surface area (TPSA) is 112 Å². The Morgan fingerprint density at radius 1 is 1.13 bits per heavy atom. The van der Waals surface area contributed by atoms with Crippen LogP contribution in [0.4, 0.5) is 11.4 Å². The molecule has 5 rings (SSSR count). The van der Waals surface area contributed by atoms with Crippen molar-refractivity contribution in [3.63, 3.8) is 0 Å². The van der Waals surface area contributed by atoms with Crippen LogP contribution in [0.25, 0.3) is 0 Å². The Morgan fingerprint density at radius 2 is 1.92 bits per heavy atom. The predicted molar refractivity (Wildman–Crippen MR) is 154 cm³/mol. The molecule has 0 aromatic heterocycles. The number of carbonyl (C=O) groups is 3. The van der Waals surface area contributed by atoms with Crippen molar-refractivity contribution >= 4 is 51.9 Å². The fraction of sp³-hybridized carbons (Fsp3) is 0.414. The maximum absolute atomic E-state index is 13.6. The second-order valence-corrected chi connectivity index (χ2v) is 11.1. The van der Waals surface area contributed by atoms with Crippen molar-refractivity contribution in [3.8, 4) is 5.75 Å². The third-order valence-electron chi connectivity index (χ3n) is 7.14. The average Bonchev–Trinajstić information content (AvgIpc) is 3.28. The van der Waals surface area contributed by atoms with E-state index in [1.54, 1.807) is 25.3 Å². The van der Waals surface area contributed by atoms with E-state index in [2.05, 4.69) is 10.6 Å². The van der Waals surface area contributed by atoms with Gasteiger partial charge < -0.3 is 15.4 Å². The van der Waals surface area contributed by atoms with Crippen molar-refractivity contribution in [2.24, 2.45) is 9.98 Å². The Labute approximate surface area is 232 Å². The van der Waals surface area contributed by atoms with E-state index in [9.17, 15) is 14.4 Å². The number of amides is 3. The first kappa shape index (κ1) is 26.9. The fourth-order valence-electron chi connectivity index (χ4n) is 5.10. The molecule has 0 spiro atoms. The number of nitrogens with one attached hydrogen (secondary N) is 2. The van der Waals surface area contributed by atoms with Gasteiger partial charge in [0.05, 0.1) is 24.5 Å². The molecule has 1 aliphatic carbocycles. The molecule has 2 heterocycles. The number of nitrogens with zero attached hydrogens (tertiary/aromatic N) is 3. The van der Waals surface area contributed by atoms with Gasteiger partial charge in [-0.15, -0.1) is 0 Å². The molecule has 3 aliphatic rings. The fourth-order valence-corrected chi connectivity index (χ4v) is 6.12. The van der Waals surface area contributed by atoms with Gasteiger partial charge >= 0.3 is 0 Å². The van der Waals surface area contributed by atoms with Crippen molar-refractivity contribution in [1.82, 2.24) is 10.2 Å². The number of hydrogen-bond donors (Lipinski definition) is 2. The lowest BCUT2D eigenvalue weighted by atomic mass is 9.95. The highest BCUT2D eigenvalue weighted by Gasteiger charge is 2.43. The maximum Gasteiger partial charge on any atom is 0.259 e. The smallest absolute Gasteiger partial charge is 0.259 e. The molecule has 3 amide bonds. The summed E-state index contributed by atoms with van der Waals surface area (Å²) in [7, 11) is 1.57. The summed E-state index contributed by atoms with van der Waals surface area (Å²) in [5.74, 6) is 0.460. The summed E-state index contributed by atoms with van der Waals surface area (Å²) in [4.78, 5) is 50.6. The molecule has 39 heavy (non-hydrogen) atoms. The lowest BCUT2D eigenvalue weighted by Gasteiger charge is -2.27. The maximum atomic E-state index is 13.6. The van der Waals surface area contributed by atoms with E-state index in [4.69, 9.17) is 14.7 Å². The molecule has 2 unspecified atom stereocenters. The van der Waals surface area contributed by atoms with Crippen molar-refractivity contribution in [2.45, 2.75) is 69.2 Å². The minimum Gasteiger partial charge on any atom is -0.497 e. The Bertz CT molecular complexity index is 1320. The van der Waals surface area contributed by atoms with Crippen molar-refractivity contribution in [3.05, 3.63) is 54.1 Å². The van der Waals surface area contributed by atoms with Crippen LogP contribution in [0.15, 0.2) is 58.5 Å². The summed E-state index contributed by atoms with van der Waals surface area (Å²) in [6.07, 6.45) is 5.88. The molecule has 1 fully saturated rings. The number of para-hydroxylation sites is 1.